The third-order valence-electron chi connectivity index (χ3n) is 3.73. The van der Waals surface area contributed by atoms with Crippen molar-refractivity contribution in [3.8, 4) is 0 Å². The number of anilines is 1. The van der Waals surface area contributed by atoms with Gasteiger partial charge in [-0.05, 0) is 25.5 Å². The van der Waals surface area contributed by atoms with Crippen LogP contribution in [0.5, 0.6) is 0 Å². The summed E-state index contributed by atoms with van der Waals surface area (Å²) in [5, 5.41) is 14.5. The minimum Gasteiger partial charge on any atom is -0.376 e. The number of rotatable bonds is 5. The van der Waals surface area contributed by atoms with Crippen LogP contribution in [0, 0.1) is 10.1 Å². The van der Waals surface area contributed by atoms with Crippen LogP contribution in [0.2, 0.25) is 0 Å². The maximum atomic E-state index is 11.4. The molecule has 3 atom stereocenters. The first-order valence-corrected chi connectivity index (χ1v) is 7.64. The molecule has 2 aromatic rings. The molecule has 0 saturated heterocycles. The van der Waals surface area contributed by atoms with Gasteiger partial charge in [-0.25, -0.2) is 4.98 Å². The number of nitro benzene ring substituents is 1. The molecule has 0 amide bonds. The number of benzene rings is 1. The first kappa shape index (κ1) is 14.2. The maximum Gasteiger partial charge on any atom is 0.319 e. The highest BCUT2D eigenvalue weighted by Gasteiger charge is 2.40. The van der Waals surface area contributed by atoms with Gasteiger partial charge in [-0.15, -0.1) is 11.3 Å². The van der Waals surface area contributed by atoms with Gasteiger partial charge >= 0.3 is 5.69 Å². The molecule has 21 heavy (non-hydrogen) atoms. The standard InChI is InChI=1S/C13H16N4O3S/c1-2-20-9-5-7(14)11(9)16-8-3-4-10-12(15-6-21-10)13(8)17(18)19/h3-4,6-7,9,11,16H,2,5,14H2,1H3. The Morgan fingerprint density at radius 2 is 2.43 bits per heavy atom. The number of aromatic nitrogens is 1. The molecule has 1 saturated carbocycles. The van der Waals surface area contributed by atoms with Gasteiger partial charge in [0.25, 0.3) is 0 Å². The van der Waals surface area contributed by atoms with E-state index in [1.54, 1.807) is 11.6 Å². The number of nitro groups is 1. The minimum absolute atomic E-state index is 0.00287. The molecule has 0 aliphatic heterocycles. The smallest absolute Gasteiger partial charge is 0.319 e. The average molecular weight is 308 g/mol. The van der Waals surface area contributed by atoms with E-state index in [9.17, 15) is 10.1 Å². The molecule has 3 N–H and O–H groups in total. The molecular formula is C13H16N4O3S. The fraction of sp³-hybridized carbons (Fsp3) is 0.462. The molecule has 3 rings (SSSR count). The Balaban J connectivity index is 1.93. The van der Waals surface area contributed by atoms with Crippen molar-refractivity contribution in [2.75, 3.05) is 11.9 Å². The summed E-state index contributed by atoms with van der Waals surface area (Å²) in [6, 6.07) is 3.38. The summed E-state index contributed by atoms with van der Waals surface area (Å²) in [6.07, 6.45) is 0.758. The zero-order valence-electron chi connectivity index (χ0n) is 11.5. The molecule has 1 aliphatic carbocycles. The Kier molecular flexibility index (Phi) is 3.75. The second-order valence-electron chi connectivity index (χ2n) is 4.98. The monoisotopic (exact) mass is 308 g/mol. The average Bonchev–Trinajstić information content (AvgIpc) is 2.92. The molecule has 8 heteroatoms. The first-order chi connectivity index (χ1) is 10.1. The largest absolute Gasteiger partial charge is 0.376 e. The third kappa shape index (κ3) is 2.45. The van der Waals surface area contributed by atoms with Crippen LogP contribution < -0.4 is 11.1 Å². The first-order valence-electron chi connectivity index (χ1n) is 6.76. The number of ether oxygens (including phenoxy) is 1. The number of fused-ring (bicyclic) bond motifs is 1. The van der Waals surface area contributed by atoms with Crippen molar-refractivity contribution in [2.24, 2.45) is 5.73 Å². The van der Waals surface area contributed by atoms with Crippen molar-refractivity contribution in [1.82, 2.24) is 4.98 Å². The molecule has 0 bridgehead atoms. The highest BCUT2D eigenvalue weighted by molar-refractivity contribution is 7.16. The Bertz CT molecular complexity index is 672. The quantitative estimate of drug-likeness (QED) is 0.648. The topological polar surface area (TPSA) is 103 Å². The summed E-state index contributed by atoms with van der Waals surface area (Å²) < 4.78 is 6.38. The number of hydrogen-bond acceptors (Lipinski definition) is 7. The van der Waals surface area contributed by atoms with E-state index in [0.717, 1.165) is 11.1 Å². The second-order valence-corrected chi connectivity index (χ2v) is 5.87. The summed E-state index contributed by atoms with van der Waals surface area (Å²) in [4.78, 5) is 15.1. The van der Waals surface area contributed by atoms with Crippen LogP contribution in [-0.4, -0.2) is 34.7 Å². The molecule has 1 heterocycles. The minimum atomic E-state index is -0.399. The van der Waals surface area contributed by atoms with Crippen molar-refractivity contribution in [3.05, 3.63) is 27.8 Å². The lowest BCUT2D eigenvalue weighted by molar-refractivity contribution is -0.382. The lowest BCUT2D eigenvalue weighted by Crippen LogP contribution is -2.60. The van der Waals surface area contributed by atoms with Crippen LogP contribution in [-0.2, 0) is 4.74 Å². The predicted octanol–water partition coefficient (Wildman–Crippen LogP) is 2.12. The van der Waals surface area contributed by atoms with Crippen LogP contribution in [0.25, 0.3) is 10.2 Å². The fourth-order valence-corrected chi connectivity index (χ4v) is 3.30. The summed E-state index contributed by atoms with van der Waals surface area (Å²) >= 11 is 1.38. The molecule has 112 valence electrons. The molecule has 1 aliphatic rings. The Morgan fingerprint density at radius 1 is 1.62 bits per heavy atom. The van der Waals surface area contributed by atoms with Gasteiger partial charge in [0, 0.05) is 12.6 Å². The van der Waals surface area contributed by atoms with Crippen molar-refractivity contribution in [2.45, 2.75) is 31.5 Å². The summed E-state index contributed by atoms with van der Waals surface area (Å²) in [6.45, 7) is 2.52. The molecule has 1 fully saturated rings. The zero-order valence-corrected chi connectivity index (χ0v) is 12.3. The van der Waals surface area contributed by atoms with Gasteiger partial charge < -0.3 is 15.8 Å². The number of nitrogens with one attached hydrogen (secondary N) is 1. The molecule has 1 aromatic carbocycles. The number of nitrogens with zero attached hydrogens (tertiary/aromatic N) is 2. The van der Waals surface area contributed by atoms with Gasteiger partial charge in [0.2, 0.25) is 0 Å². The van der Waals surface area contributed by atoms with Crippen molar-refractivity contribution in [1.29, 1.82) is 0 Å². The van der Waals surface area contributed by atoms with Crippen LogP contribution in [0.1, 0.15) is 13.3 Å². The molecule has 7 nitrogen and oxygen atoms in total. The number of hydrogen-bond donors (Lipinski definition) is 2. The van der Waals surface area contributed by atoms with E-state index in [1.807, 2.05) is 13.0 Å². The zero-order chi connectivity index (χ0) is 15.0. The Labute approximate surface area is 125 Å². The molecule has 0 radical (unpaired) electrons. The summed E-state index contributed by atoms with van der Waals surface area (Å²) in [7, 11) is 0. The van der Waals surface area contributed by atoms with Crippen LogP contribution in [0.15, 0.2) is 17.6 Å². The van der Waals surface area contributed by atoms with E-state index in [0.29, 0.717) is 17.8 Å². The highest BCUT2D eigenvalue weighted by Crippen LogP contribution is 2.36. The lowest BCUT2D eigenvalue weighted by atomic mass is 9.83. The summed E-state index contributed by atoms with van der Waals surface area (Å²) in [5.41, 5.74) is 8.46. The lowest BCUT2D eigenvalue weighted by Gasteiger charge is -2.42. The van der Waals surface area contributed by atoms with Crippen molar-refractivity contribution >= 4 is 32.9 Å². The van der Waals surface area contributed by atoms with Gasteiger partial charge in [0.05, 0.1) is 27.3 Å². The normalized spacial score (nSPS) is 24.8. The number of nitrogens with two attached hydrogens (primary N) is 1. The SMILES string of the molecule is CCOC1CC(N)C1Nc1ccc2scnc2c1[N+](=O)[O-]. The van der Waals surface area contributed by atoms with Crippen LogP contribution in [0.3, 0.4) is 0 Å². The van der Waals surface area contributed by atoms with E-state index >= 15 is 0 Å². The van der Waals surface area contributed by atoms with E-state index in [-0.39, 0.29) is 23.9 Å². The highest BCUT2D eigenvalue weighted by atomic mass is 32.1. The molecule has 3 unspecified atom stereocenters. The van der Waals surface area contributed by atoms with Crippen molar-refractivity contribution in [3.63, 3.8) is 0 Å². The third-order valence-corrected chi connectivity index (χ3v) is 4.52. The van der Waals surface area contributed by atoms with E-state index in [1.165, 1.54) is 11.3 Å². The molecular weight excluding hydrogens is 292 g/mol. The molecule has 0 spiro atoms. The Hall–Kier alpha value is -1.77. The second kappa shape index (κ2) is 5.55. The van der Waals surface area contributed by atoms with Gasteiger partial charge in [-0.1, -0.05) is 0 Å². The summed E-state index contributed by atoms with van der Waals surface area (Å²) in [5.74, 6) is 0. The van der Waals surface area contributed by atoms with Gasteiger partial charge in [-0.3, -0.25) is 10.1 Å². The fourth-order valence-electron chi connectivity index (χ4n) is 2.62. The van der Waals surface area contributed by atoms with Crippen LogP contribution in [0.4, 0.5) is 11.4 Å². The Morgan fingerprint density at radius 3 is 3.10 bits per heavy atom. The van der Waals surface area contributed by atoms with Gasteiger partial charge in [0.15, 0.2) is 5.52 Å². The van der Waals surface area contributed by atoms with E-state index in [2.05, 4.69) is 10.3 Å². The van der Waals surface area contributed by atoms with E-state index < -0.39 is 4.92 Å². The van der Waals surface area contributed by atoms with E-state index in [4.69, 9.17) is 10.5 Å². The van der Waals surface area contributed by atoms with Gasteiger partial charge in [-0.2, -0.15) is 0 Å². The van der Waals surface area contributed by atoms with Crippen molar-refractivity contribution < 1.29 is 9.66 Å². The predicted molar refractivity (Wildman–Crippen MR) is 81.7 cm³/mol. The van der Waals surface area contributed by atoms with Crippen LogP contribution >= 0.6 is 11.3 Å². The van der Waals surface area contributed by atoms with Gasteiger partial charge in [0.1, 0.15) is 5.69 Å². The molecule has 1 aromatic heterocycles. The number of thiazole rings is 1. The maximum absolute atomic E-state index is 11.4.